The summed E-state index contributed by atoms with van der Waals surface area (Å²) in [6.07, 6.45) is 1.22. The van der Waals surface area contributed by atoms with Crippen molar-refractivity contribution in [2.45, 2.75) is 12.7 Å². The Labute approximate surface area is 142 Å². The highest BCUT2D eigenvalue weighted by atomic mass is 19.3. The molecule has 2 heterocycles. The fourth-order valence-corrected chi connectivity index (χ4v) is 2.77. The minimum atomic E-state index is -3.01. The highest BCUT2D eigenvalue weighted by Gasteiger charge is 2.33. The van der Waals surface area contributed by atoms with Gasteiger partial charge in [-0.15, -0.1) is 0 Å². The third kappa shape index (κ3) is 3.42. The van der Waals surface area contributed by atoms with Gasteiger partial charge in [-0.2, -0.15) is 8.78 Å². The van der Waals surface area contributed by atoms with Crippen molar-refractivity contribution in [3.05, 3.63) is 59.3 Å². The number of hydrogen-bond acceptors (Lipinski definition) is 4. The molecule has 0 saturated heterocycles. The standard InChI is InChI=1S/C17H15F2N3O3/c1-22-13(11-4-2-3-5-12(11)16(22)24)9-21-15(23)10-6-7-20-14(8-10)25-17(18)19/h2-8,13,17H,9H2,1H3,(H,21,23). The molecule has 1 aromatic heterocycles. The smallest absolute Gasteiger partial charge is 0.388 e. The van der Waals surface area contributed by atoms with Gasteiger partial charge >= 0.3 is 6.61 Å². The van der Waals surface area contributed by atoms with Crippen molar-refractivity contribution in [1.82, 2.24) is 15.2 Å². The lowest BCUT2D eigenvalue weighted by Gasteiger charge is -2.21. The Balaban J connectivity index is 1.70. The van der Waals surface area contributed by atoms with Gasteiger partial charge in [-0.3, -0.25) is 9.59 Å². The molecule has 1 atom stereocenters. The number of benzene rings is 1. The summed E-state index contributed by atoms with van der Waals surface area (Å²) in [6, 6.07) is 9.45. The van der Waals surface area contributed by atoms with Crippen molar-refractivity contribution >= 4 is 11.8 Å². The van der Waals surface area contributed by atoms with E-state index in [2.05, 4.69) is 15.0 Å². The van der Waals surface area contributed by atoms with Crippen LogP contribution >= 0.6 is 0 Å². The molecule has 1 aromatic carbocycles. The molecule has 1 aliphatic rings. The molecule has 0 saturated carbocycles. The molecule has 1 N–H and O–H groups in total. The first-order valence-electron chi connectivity index (χ1n) is 7.52. The monoisotopic (exact) mass is 347 g/mol. The van der Waals surface area contributed by atoms with Gasteiger partial charge in [-0.25, -0.2) is 4.98 Å². The summed E-state index contributed by atoms with van der Waals surface area (Å²) in [6.45, 7) is -2.81. The number of carbonyl (C=O) groups is 2. The molecule has 0 spiro atoms. The molecule has 0 radical (unpaired) electrons. The van der Waals surface area contributed by atoms with Crippen LogP contribution in [0.15, 0.2) is 42.6 Å². The van der Waals surface area contributed by atoms with Gasteiger partial charge in [0, 0.05) is 37.0 Å². The first kappa shape index (κ1) is 16.8. The number of ether oxygens (including phenoxy) is 1. The lowest BCUT2D eigenvalue weighted by atomic mass is 10.0. The van der Waals surface area contributed by atoms with Crippen molar-refractivity contribution in [3.63, 3.8) is 0 Å². The molecule has 3 rings (SSSR count). The number of nitrogens with one attached hydrogen (secondary N) is 1. The number of amides is 2. The molecule has 1 aliphatic heterocycles. The van der Waals surface area contributed by atoms with Crippen molar-refractivity contribution in [2.75, 3.05) is 13.6 Å². The second-order valence-electron chi connectivity index (χ2n) is 5.49. The molecule has 6 nitrogen and oxygen atoms in total. The first-order valence-corrected chi connectivity index (χ1v) is 7.52. The highest BCUT2D eigenvalue weighted by Crippen LogP contribution is 2.31. The Kier molecular flexibility index (Phi) is 4.60. The second kappa shape index (κ2) is 6.84. The zero-order chi connectivity index (χ0) is 18.0. The van der Waals surface area contributed by atoms with Crippen LogP contribution in [0.5, 0.6) is 5.88 Å². The van der Waals surface area contributed by atoms with E-state index in [0.717, 1.165) is 11.6 Å². The minimum Gasteiger partial charge on any atom is -0.417 e. The van der Waals surface area contributed by atoms with Crippen LogP contribution in [-0.2, 0) is 0 Å². The van der Waals surface area contributed by atoms with E-state index in [1.165, 1.54) is 12.3 Å². The van der Waals surface area contributed by atoms with Crippen LogP contribution in [0.1, 0.15) is 32.3 Å². The van der Waals surface area contributed by atoms with E-state index in [1.54, 1.807) is 24.1 Å². The van der Waals surface area contributed by atoms with Gasteiger partial charge in [0.2, 0.25) is 5.88 Å². The summed E-state index contributed by atoms with van der Waals surface area (Å²) < 4.78 is 28.6. The van der Waals surface area contributed by atoms with Gasteiger partial charge in [-0.05, 0) is 17.7 Å². The number of carbonyl (C=O) groups excluding carboxylic acids is 2. The number of nitrogens with zero attached hydrogens (tertiary/aromatic N) is 2. The van der Waals surface area contributed by atoms with Crippen LogP contribution in [0.4, 0.5) is 8.78 Å². The van der Waals surface area contributed by atoms with Crippen molar-refractivity contribution in [1.29, 1.82) is 0 Å². The Morgan fingerprint density at radius 1 is 1.36 bits per heavy atom. The van der Waals surface area contributed by atoms with Gasteiger partial charge in [0.25, 0.3) is 11.8 Å². The largest absolute Gasteiger partial charge is 0.417 e. The van der Waals surface area contributed by atoms with Gasteiger partial charge < -0.3 is 15.0 Å². The number of hydrogen-bond donors (Lipinski definition) is 1. The molecule has 8 heteroatoms. The number of fused-ring (bicyclic) bond motifs is 1. The zero-order valence-electron chi connectivity index (χ0n) is 13.3. The van der Waals surface area contributed by atoms with Gasteiger partial charge in [0.15, 0.2) is 0 Å². The number of halogens is 2. The molecular formula is C17H15F2N3O3. The first-order chi connectivity index (χ1) is 12.0. The Bertz CT molecular complexity index is 813. The van der Waals surface area contributed by atoms with Gasteiger partial charge in [-0.1, -0.05) is 18.2 Å². The third-order valence-electron chi connectivity index (χ3n) is 4.00. The average molecular weight is 347 g/mol. The van der Waals surface area contributed by atoms with Crippen LogP contribution < -0.4 is 10.1 Å². The molecule has 0 aliphatic carbocycles. The molecule has 1 unspecified atom stereocenters. The quantitative estimate of drug-likeness (QED) is 0.900. The Morgan fingerprint density at radius 2 is 2.12 bits per heavy atom. The minimum absolute atomic E-state index is 0.105. The maximum atomic E-state index is 12.3. The maximum Gasteiger partial charge on any atom is 0.388 e. The summed E-state index contributed by atoms with van der Waals surface area (Å²) in [4.78, 5) is 29.6. The third-order valence-corrected chi connectivity index (χ3v) is 4.00. The van der Waals surface area contributed by atoms with Crippen LogP contribution in [0.2, 0.25) is 0 Å². The predicted molar refractivity (Wildman–Crippen MR) is 84.5 cm³/mol. The number of alkyl halides is 2. The molecule has 2 aromatic rings. The summed E-state index contributed by atoms with van der Waals surface area (Å²) in [5.41, 5.74) is 1.60. The lowest BCUT2D eigenvalue weighted by molar-refractivity contribution is -0.0529. The topological polar surface area (TPSA) is 71.5 Å². The number of aromatic nitrogens is 1. The van der Waals surface area contributed by atoms with E-state index in [1.807, 2.05) is 12.1 Å². The van der Waals surface area contributed by atoms with Gasteiger partial charge in [0.1, 0.15) is 0 Å². The maximum absolute atomic E-state index is 12.3. The Morgan fingerprint density at radius 3 is 2.88 bits per heavy atom. The molecule has 130 valence electrons. The number of likely N-dealkylation sites (N-methyl/N-ethyl adjacent to an activating group) is 1. The fraction of sp³-hybridized carbons (Fsp3) is 0.235. The van der Waals surface area contributed by atoms with Crippen LogP contribution in [0.25, 0.3) is 0 Å². The Hall–Kier alpha value is -3.03. The van der Waals surface area contributed by atoms with E-state index in [9.17, 15) is 18.4 Å². The normalized spacial score (nSPS) is 16.1. The lowest BCUT2D eigenvalue weighted by Crippen LogP contribution is -2.34. The van der Waals surface area contributed by atoms with Crippen LogP contribution in [-0.4, -0.2) is 41.9 Å². The molecule has 2 amide bonds. The SMILES string of the molecule is CN1C(=O)c2ccccc2C1CNC(=O)c1ccnc(OC(F)F)c1. The fourth-order valence-electron chi connectivity index (χ4n) is 2.77. The van der Waals surface area contributed by atoms with E-state index in [-0.39, 0.29) is 29.9 Å². The summed E-state index contributed by atoms with van der Waals surface area (Å²) >= 11 is 0. The van der Waals surface area contributed by atoms with Gasteiger partial charge in [0.05, 0.1) is 6.04 Å². The molecular weight excluding hydrogens is 332 g/mol. The van der Waals surface area contributed by atoms with E-state index >= 15 is 0 Å². The number of rotatable bonds is 5. The van der Waals surface area contributed by atoms with Crippen molar-refractivity contribution < 1.29 is 23.1 Å². The molecule has 0 fully saturated rings. The van der Waals surface area contributed by atoms with E-state index < -0.39 is 12.5 Å². The second-order valence-corrected chi connectivity index (χ2v) is 5.49. The van der Waals surface area contributed by atoms with E-state index in [4.69, 9.17) is 0 Å². The summed E-state index contributed by atoms with van der Waals surface area (Å²) in [5.74, 6) is -0.903. The molecule has 25 heavy (non-hydrogen) atoms. The zero-order valence-corrected chi connectivity index (χ0v) is 13.3. The van der Waals surface area contributed by atoms with Crippen molar-refractivity contribution in [2.24, 2.45) is 0 Å². The number of pyridine rings is 1. The van der Waals surface area contributed by atoms with E-state index in [0.29, 0.717) is 5.56 Å². The van der Waals surface area contributed by atoms with Crippen LogP contribution in [0, 0.1) is 0 Å². The summed E-state index contributed by atoms with van der Waals surface area (Å²) in [5, 5.41) is 2.71. The predicted octanol–water partition coefficient (Wildman–Crippen LogP) is 2.24. The average Bonchev–Trinajstić information content (AvgIpc) is 2.84. The van der Waals surface area contributed by atoms with Crippen molar-refractivity contribution in [3.8, 4) is 5.88 Å². The summed E-state index contributed by atoms with van der Waals surface area (Å²) in [7, 11) is 1.67. The highest BCUT2D eigenvalue weighted by molar-refractivity contribution is 5.99. The van der Waals surface area contributed by atoms with Crippen LogP contribution in [0.3, 0.4) is 0 Å². The molecule has 0 bridgehead atoms.